The first-order chi connectivity index (χ1) is 10.1. The van der Waals surface area contributed by atoms with E-state index in [9.17, 15) is 0 Å². The predicted molar refractivity (Wildman–Crippen MR) is 94.8 cm³/mol. The van der Waals surface area contributed by atoms with Crippen LogP contribution in [0.5, 0.6) is 0 Å². The third-order valence-corrected chi connectivity index (χ3v) is 2.89. The van der Waals surface area contributed by atoms with Gasteiger partial charge in [0.05, 0.1) is 0 Å². The molecule has 0 spiro atoms. The smallest absolute Gasteiger partial charge is 0.169 e. The fraction of sp³-hybridized carbons (Fsp3) is 0.750. The van der Waals surface area contributed by atoms with Gasteiger partial charge in [-0.1, -0.05) is 27.7 Å². The lowest BCUT2D eigenvalue weighted by Crippen LogP contribution is -2.40. The number of nitrogen functional groups attached to an aromatic ring is 1. The molecular formula is C16H32N6. The Bertz CT molecular complexity index is 454. The topological polar surface area (TPSA) is 79.1 Å². The van der Waals surface area contributed by atoms with Gasteiger partial charge in [-0.2, -0.15) is 0 Å². The molecule has 1 rings (SSSR count). The van der Waals surface area contributed by atoms with E-state index in [1.807, 2.05) is 0 Å². The van der Waals surface area contributed by atoms with Crippen molar-refractivity contribution in [2.24, 2.45) is 11.8 Å². The van der Waals surface area contributed by atoms with E-state index in [-0.39, 0.29) is 5.54 Å². The molecule has 126 valence electrons. The third-order valence-electron chi connectivity index (χ3n) is 2.89. The zero-order chi connectivity index (χ0) is 16.9. The van der Waals surface area contributed by atoms with Crippen molar-refractivity contribution in [3.8, 4) is 0 Å². The number of nitrogens with zero attached hydrogens (tertiary/aromatic N) is 3. The van der Waals surface area contributed by atoms with Crippen LogP contribution in [0.1, 0.15) is 48.5 Å². The maximum Gasteiger partial charge on any atom is 0.169 e. The quantitative estimate of drug-likeness (QED) is 0.672. The van der Waals surface area contributed by atoms with Crippen LogP contribution in [0.15, 0.2) is 6.33 Å². The van der Waals surface area contributed by atoms with Gasteiger partial charge in [-0.25, -0.2) is 15.4 Å². The fourth-order valence-electron chi connectivity index (χ4n) is 2.11. The standard InChI is InChI=1S/C16H32N6/c1-11(2)8-22(9-12(3)4)15-13(17)14(18-10-19-15)20-21-16(5,6)7/h10-12,21H,8-9,17H2,1-7H3,(H,18,19,20). The molecule has 22 heavy (non-hydrogen) atoms. The van der Waals surface area contributed by atoms with Gasteiger partial charge in [-0.3, -0.25) is 0 Å². The minimum absolute atomic E-state index is 0.0763. The molecular weight excluding hydrogens is 276 g/mol. The molecule has 0 aliphatic heterocycles. The highest BCUT2D eigenvalue weighted by atomic mass is 15.4. The summed E-state index contributed by atoms with van der Waals surface area (Å²) < 4.78 is 0. The van der Waals surface area contributed by atoms with Gasteiger partial charge in [0, 0.05) is 18.6 Å². The largest absolute Gasteiger partial charge is 0.393 e. The molecule has 0 saturated heterocycles. The molecule has 0 amide bonds. The van der Waals surface area contributed by atoms with Gasteiger partial charge in [-0.05, 0) is 32.6 Å². The summed E-state index contributed by atoms with van der Waals surface area (Å²) in [5, 5.41) is 0. The van der Waals surface area contributed by atoms with Gasteiger partial charge in [0.25, 0.3) is 0 Å². The SMILES string of the molecule is CC(C)CN(CC(C)C)c1ncnc(NNC(C)(C)C)c1N. The summed E-state index contributed by atoms with van der Waals surface area (Å²) in [7, 11) is 0. The van der Waals surface area contributed by atoms with Crippen LogP contribution in [0.2, 0.25) is 0 Å². The van der Waals surface area contributed by atoms with Crippen LogP contribution >= 0.6 is 0 Å². The maximum absolute atomic E-state index is 6.30. The maximum atomic E-state index is 6.30. The van der Waals surface area contributed by atoms with E-state index in [0.29, 0.717) is 23.3 Å². The Hall–Kier alpha value is -1.56. The molecule has 0 saturated carbocycles. The molecule has 1 aromatic heterocycles. The summed E-state index contributed by atoms with van der Waals surface area (Å²) in [5.41, 5.74) is 13.1. The number of rotatable bonds is 7. The second kappa shape index (κ2) is 7.63. The number of nitrogens with two attached hydrogens (primary N) is 1. The van der Waals surface area contributed by atoms with E-state index in [4.69, 9.17) is 5.73 Å². The van der Waals surface area contributed by atoms with E-state index in [1.165, 1.54) is 0 Å². The van der Waals surface area contributed by atoms with E-state index in [0.717, 1.165) is 18.9 Å². The lowest BCUT2D eigenvalue weighted by Gasteiger charge is -2.29. The lowest BCUT2D eigenvalue weighted by molar-refractivity contribution is 0.464. The zero-order valence-corrected chi connectivity index (χ0v) is 15.1. The summed E-state index contributed by atoms with van der Waals surface area (Å²) in [6.07, 6.45) is 1.56. The van der Waals surface area contributed by atoms with Crippen molar-refractivity contribution < 1.29 is 0 Å². The molecule has 6 heteroatoms. The van der Waals surface area contributed by atoms with Crippen molar-refractivity contribution >= 4 is 17.3 Å². The van der Waals surface area contributed by atoms with Gasteiger partial charge in [0.1, 0.15) is 12.0 Å². The Morgan fingerprint density at radius 1 is 1.09 bits per heavy atom. The van der Waals surface area contributed by atoms with Gasteiger partial charge in [-0.15, -0.1) is 0 Å². The first kappa shape index (κ1) is 18.5. The Morgan fingerprint density at radius 2 is 1.64 bits per heavy atom. The van der Waals surface area contributed by atoms with Crippen molar-refractivity contribution in [2.75, 3.05) is 29.1 Å². The number of hydrogen-bond donors (Lipinski definition) is 3. The first-order valence-corrected chi connectivity index (χ1v) is 7.98. The summed E-state index contributed by atoms with van der Waals surface area (Å²) in [6.45, 7) is 16.9. The van der Waals surface area contributed by atoms with Crippen molar-refractivity contribution in [3.05, 3.63) is 6.33 Å². The Morgan fingerprint density at radius 3 is 2.09 bits per heavy atom. The van der Waals surface area contributed by atoms with Gasteiger partial charge < -0.3 is 16.1 Å². The number of nitrogens with one attached hydrogen (secondary N) is 2. The molecule has 1 heterocycles. The molecule has 0 unspecified atom stereocenters. The first-order valence-electron chi connectivity index (χ1n) is 7.98. The molecule has 4 N–H and O–H groups in total. The summed E-state index contributed by atoms with van der Waals surface area (Å²) >= 11 is 0. The van der Waals surface area contributed by atoms with Crippen LogP contribution in [-0.4, -0.2) is 28.6 Å². The van der Waals surface area contributed by atoms with E-state index < -0.39 is 0 Å². The molecule has 1 aromatic rings. The van der Waals surface area contributed by atoms with Crippen molar-refractivity contribution in [1.82, 2.24) is 15.4 Å². The normalized spacial score (nSPS) is 12.0. The number of anilines is 3. The average molecular weight is 308 g/mol. The Balaban J connectivity index is 3.00. The average Bonchev–Trinajstić information content (AvgIpc) is 2.34. The van der Waals surface area contributed by atoms with Crippen molar-refractivity contribution in [2.45, 2.75) is 54.0 Å². The van der Waals surface area contributed by atoms with Crippen molar-refractivity contribution in [3.63, 3.8) is 0 Å². The number of hydrazine groups is 1. The minimum atomic E-state index is -0.0763. The third kappa shape index (κ3) is 6.05. The van der Waals surface area contributed by atoms with Crippen LogP contribution in [0.4, 0.5) is 17.3 Å². The minimum Gasteiger partial charge on any atom is -0.393 e. The Kier molecular flexibility index (Phi) is 6.41. The Labute approximate surface area is 134 Å². The highest BCUT2D eigenvalue weighted by Gasteiger charge is 2.18. The fourth-order valence-corrected chi connectivity index (χ4v) is 2.11. The summed E-state index contributed by atoms with van der Waals surface area (Å²) in [4.78, 5) is 10.9. The lowest BCUT2D eigenvalue weighted by atomic mass is 10.1. The zero-order valence-electron chi connectivity index (χ0n) is 15.1. The van der Waals surface area contributed by atoms with Crippen molar-refractivity contribution in [1.29, 1.82) is 0 Å². The number of aromatic nitrogens is 2. The summed E-state index contributed by atoms with van der Waals surface area (Å²) in [6, 6.07) is 0. The molecule has 0 bridgehead atoms. The van der Waals surface area contributed by atoms with E-state index in [1.54, 1.807) is 6.33 Å². The highest BCUT2D eigenvalue weighted by molar-refractivity contribution is 5.74. The van der Waals surface area contributed by atoms with Crippen LogP contribution < -0.4 is 21.5 Å². The molecule has 0 aliphatic rings. The van der Waals surface area contributed by atoms with Gasteiger partial charge in [0.2, 0.25) is 0 Å². The van der Waals surface area contributed by atoms with Crippen LogP contribution in [0.3, 0.4) is 0 Å². The van der Waals surface area contributed by atoms with Gasteiger partial charge >= 0.3 is 0 Å². The molecule has 0 aliphatic carbocycles. The molecule has 6 nitrogen and oxygen atoms in total. The monoisotopic (exact) mass is 308 g/mol. The van der Waals surface area contributed by atoms with Crippen LogP contribution in [0.25, 0.3) is 0 Å². The molecule has 0 atom stereocenters. The highest BCUT2D eigenvalue weighted by Crippen LogP contribution is 2.27. The number of hydrogen-bond acceptors (Lipinski definition) is 6. The van der Waals surface area contributed by atoms with Gasteiger partial charge in [0.15, 0.2) is 11.6 Å². The molecule has 0 fully saturated rings. The van der Waals surface area contributed by atoms with E-state index in [2.05, 4.69) is 74.2 Å². The van der Waals surface area contributed by atoms with E-state index >= 15 is 0 Å². The second-order valence-electron chi connectivity index (χ2n) is 7.65. The molecule has 0 aromatic carbocycles. The second-order valence-corrected chi connectivity index (χ2v) is 7.65. The van der Waals surface area contributed by atoms with Crippen LogP contribution in [0, 0.1) is 11.8 Å². The van der Waals surface area contributed by atoms with Crippen LogP contribution in [-0.2, 0) is 0 Å². The predicted octanol–water partition coefficient (Wildman–Crippen LogP) is 2.89. The molecule has 0 radical (unpaired) electrons. The summed E-state index contributed by atoms with van der Waals surface area (Å²) in [5.74, 6) is 2.50.